The second kappa shape index (κ2) is 11.3. The van der Waals surface area contributed by atoms with Crippen molar-refractivity contribution in [2.45, 2.75) is 25.2 Å². The van der Waals surface area contributed by atoms with E-state index in [4.69, 9.17) is 18.9 Å². The topological polar surface area (TPSA) is 91.4 Å². The van der Waals surface area contributed by atoms with Crippen molar-refractivity contribution in [1.29, 1.82) is 0 Å². The molecule has 1 heterocycles. The van der Waals surface area contributed by atoms with E-state index in [1.165, 1.54) is 10.4 Å². The number of hydrogen-bond donors (Lipinski definition) is 0. The molecule has 0 unspecified atom stereocenters. The number of esters is 1. The Hall–Kier alpha value is -2.62. The van der Waals surface area contributed by atoms with Crippen LogP contribution in [0.15, 0.2) is 47.4 Å². The van der Waals surface area contributed by atoms with Crippen molar-refractivity contribution < 1.29 is 32.2 Å². The van der Waals surface area contributed by atoms with Gasteiger partial charge in [0.1, 0.15) is 24.7 Å². The van der Waals surface area contributed by atoms with Crippen molar-refractivity contribution in [3.8, 4) is 11.5 Å². The number of hydrogen-bond acceptors (Lipinski definition) is 7. The number of rotatable bonds is 10. The van der Waals surface area contributed by atoms with Gasteiger partial charge in [-0.05, 0) is 55.3 Å². The van der Waals surface area contributed by atoms with E-state index in [1.54, 1.807) is 31.2 Å². The molecule has 0 atom stereocenters. The third-order valence-corrected chi connectivity index (χ3v) is 6.93. The van der Waals surface area contributed by atoms with E-state index in [9.17, 15) is 13.2 Å². The van der Waals surface area contributed by atoms with Crippen LogP contribution in [0.3, 0.4) is 0 Å². The Morgan fingerprint density at radius 3 is 2.22 bits per heavy atom. The summed E-state index contributed by atoms with van der Waals surface area (Å²) in [6.07, 6.45) is 0.936. The smallest absolute Gasteiger partial charge is 0.338 e. The van der Waals surface area contributed by atoms with Crippen molar-refractivity contribution in [1.82, 2.24) is 4.31 Å². The van der Waals surface area contributed by atoms with Gasteiger partial charge in [-0.1, -0.05) is 13.0 Å². The lowest BCUT2D eigenvalue weighted by Crippen LogP contribution is -2.40. The molecule has 2 aromatic carbocycles. The average molecular weight is 464 g/mol. The normalized spacial score (nSPS) is 14.7. The molecule has 0 radical (unpaired) electrons. The summed E-state index contributed by atoms with van der Waals surface area (Å²) >= 11 is 0. The molecule has 0 N–H and O–H groups in total. The molecule has 3 rings (SSSR count). The van der Waals surface area contributed by atoms with Crippen molar-refractivity contribution in [2.75, 3.05) is 46.1 Å². The number of ether oxygens (including phenoxy) is 4. The first-order valence-electron chi connectivity index (χ1n) is 10.6. The fourth-order valence-corrected chi connectivity index (χ4v) is 4.82. The van der Waals surface area contributed by atoms with Gasteiger partial charge in [-0.15, -0.1) is 0 Å². The molecule has 0 bridgehead atoms. The van der Waals surface area contributed by atoms with Gasteiger partial charge in [-0.25, -0.2) is 13.2 Å². The maximum absolute atomic E-state index is 13.0. The summed E-state index contributed by atoms with van der Waals surface area (Å²) in [5.41, 5.74) is 0.752. The molecule has 0 aliphatic carbocycles. The van der Waals surface area contributed by atoms with Crippen molar-refractivity contribution in [2.24, 2.45) is 0 Å². The van der Waals surface area contributed by atoms with Gasteiger partial charge in [0, 0.05) is 13.1 Å². The molecule has 32 heavy (non-hydrogen) atoms. The summed E-state index contributed by atoms with van der Waals surface area (Å²) in [5, 5.41) is 0. The van der Waals surface area contributed by atoms with Gasteiger partial charge in [0.15, 0.2) is 0 Å². The standard InChI is InChI=1S/C23H29NO7S/c1-3-12-29-20-6-8-21(9-7-20)30-15-16-31-23(25)19-5-4-18(2)22(17-19)32(26,27)24-10-13-28-14-11-24/h4-9,17H,3,10-16H2,1-2H3. The van der Waals surface area contributed by atoms with Crippen LogP contribution in [0, 0.1) is 6.92 Å². The Morgan fingerprint density at radius 2 is 1.59 bits per heavy atom. The second-order valence-corrected chi connectivity index (χ2v) is 9.21. The molecular weight excluding hydrogens is 434 g/mol. The Labute approximate surface area is 189 Å². The lowest BCUT2D eigenvalue weighted by molar-refractivity contribution is 0.0450. The van der Waals surface area contributed by atoms with E-state index in [0.717, 1.165) is 12.2 Å². The molecule has 8 nitrogen and oxygen atoms in total. The minimum absolute atomic E-state index is 0.0341. The fraction of sp³-hybridized carbons (Fsp3) is 0.435. The van der Waals surface area contributed by atoms with Crippen LogP contribution >= 0.6 is 0 Å². The molecule has 0 saturated carbocycles. The van der Waals surface area contributed by atoms with E-state index in [-0.39, 0.29) is 23.7 Å². The fourth-order valence-electron chi connectivity index (χ4n) is 3.16. The van der Waals surface area contributed by atoms with Crippen LogP contribution in [0.25, 0.3) is 0 Å². The number of aryl methyl sites for hydroxylation is 1. The maximum Gasteiger partial charge on any atom is 0.338 e. The Bertz CT molecular complexity index is 1000. The highest BCUT2D eigenvalue weighted by molar-refractivity contribution is 7.89. The van der Waals surface area contributed by atoms with Crippen molar-refractivity contribution in [3.63, 3.8) is 0 Å². The van der Waals surface area contributed by atoms with E-state index in [2.05, 4.69) is 0 Å². The molecule has 0 spiro atoms. The van der Waals surface area contributed by atoms with Crippen LogP contribution in [0.2, 0.25) is 0 Å². The van der Waals surface area contributed by atoms with E-state index in [1.807, 2.05) is 19.1 Å². The first-order valence-corrected chi connectivity index (χ1v) is 12.1. The van der Waals surface area contributed by atoms with Gasteiger partial charge in [-0.3, -0.25) is 0 Å². The van der Waals surface area contributed by atoms with E-state index < -0.39 is 16.0 Å². The molecule has 0 aromatic heterocycles. The zero-order valence-corrected chi connectivity index (χ0v) is 19.2. The first kappa shape index (κ1) is 24.0. The first-order chi connectivity index (χ1) is 15.4. The monoisotopic (exact) mass is 463 g/mol. The van der Waals surface area contributed by atoms with E-state index >= 15 is 0 Å². The third-order valence-electron chi connectivity index (χ3n) is 4.89. The molecule has 9 heteroatoms. The van der Waals surface area contributed by atoms with Crippen LogP contribution in [0.1, 0.15) is 29.3 Å². The summed E-state index contributed by atoms with van der Waals surface area (Å²) in [4.78, 5) is 12.6. The second-order valence-electron chi connectivity index (χ2n) is 7.30. The van der Waals surface area contributed by atoms with Gasteiger partial charge < -0.3 is 18.9 Å². The quantitative estimate of drug-likeness (QED) is 0.395. The summed E-state index contributed by atoms with van der Waals surface area (Å²) in [6, 6.07) is 11.8. The zero-order valence-electron chi connectivity index (χ0n) is 18.4. The van der Waals surface area contributed by atoms with Crippen LogP contribution < -0.4 is 9.47 Å². The Kier molecular flexibility index (Phi) is 8.49. The van der Waals surface area contributed by atoms with E-state index in [0.29, 0.717) is 44.2 Å². The molecule has 2 aromatic rings. The summed E-state index contributed by atoms with van der Waals surface area (Å²) in [7, 11) is -3.71. The number of nitrogens with zero attached hydrogens (tertiary/aromatic N) is 1. The SMILES string of the molecule is CCCOc1ccc(OCCOC(=O)c2ccc(C)c(S(=O)(=O)N3CCOCC3)c2)cc1. The molecule has 1 aliphatic rings. The summed E-state index contributed by atoms with van der Waals surface area (Å²) in [6.45, 7) is 5.90. The number of benzene rings is 2. The van der Waals surface area contributed by atoms with Crippen LogP contribution in [-0.2, 0) is 19.5 Å². The minimum atomic E-state index is -3.71. The Balaban J connectivity index is 1.54. The third kappa shape index (κ3) is 6.21. The lowest BCUT2D eigenvalue weighted by atomic mass is 10.1. The number of sulfonamides is 1. The molecule has 1 saturated heterocycles. The van der Waals surface area contributed by atoms with Crippen LogP contribution in [-0.4, -0.2) is 64.8 Å². The van der Waals surface area contributed by atoms with Crippen molar-refractivity contribution >= 4 is 16.0 Å². The highest BCUT2D eigenvalue weighted by Crippen LogP contribution is 2.23. The minimum Gasteiger partial charge on any atom is -0.494 e. The van der Waals surface area contributed by atoms with Crippen molar-refractivity contribution in [3.05, 3.63) is 53.6 Å². The number of morpholine rings is 1. The highest BCUT2D eigenvalue weighted by Gasteiger charge is 2.28. The Morgan fingerprint density at radius 1 is 0.969 bits per heavy atom. The summed E-state index contributed by atoms with van der Waals surface area (Å²) < 4.78 is 48.9. The van der Waals surface area contributed by atoms with Gasteiger partial charge in [0.2, 0.25) is 10.0 Å². The molecule has 1 fully saturated rings. The molecule has 1 aliphatic heterocycles. The zero-order chi connectivity index (χ0) is 23.0. The predicted octanol–water partition coefficient (Wildman–Crippen LogP) is 3.04. The largest absolute Gasteiger partial charge is 0.494 e. The van der Waals surface area contributed by atoms with Gasteiger partial charge in [0.25, 0.3) is 0 Å². The molecule has 174 valence electrons. The average Bonchev–Trinajstić information content (AvgIpc) is 2.82. The number of carbonyl (C=O) groups is 1. The van der Waals surface area contributed by atoms with Gasteiger partial charge in [0.05, 0.1) is 30.3 Å². The maximum atomic E-state index is 13.0. The molecular formula is C23H29NO7S. The van der Waals surface area contributed by atoms with Gasteiger partial charge in [-0.2, -0.15) is 4.31 Å². The molecule has 0 amide bonds. The number of carbonyl (C=O) groups excluding carboxylic acids is 1. The summed E-state index contributed by atoms with van der Waals surface area (Å²) in [5.74, 6) is 0.808. The van der Waals surface area contributed by atoms with Crippen LogP contribution in [0.4, 0.5) is 0 Å². The lowest BCUT2D eigenvalue weighted by Gasteiger charge is -2.26. The van der Waals surface area contributed by atoms with Gasteiger partial charge >= 0.3 is 5.97 Å². The predicted molar refractivity (Wildman–Crippen MR) is 119 cm³/mol. The highest BCUT2D eigenvalue weighted by atomic mass is 32.2. The van der Waals surface area contributed by atoms with Crippen LogP contribution in [0.5, 0.6) is 11.5 Å².